The highest BCUT2D eigenvalue weighted by atomic mass is 32.2. The van der Waals surface area contributed by atoms with Gasteiger partial charge < -0.3 is 10.5 Å². The molecule has 0 bridgehead atoms. The van der Waals surface area contributed by atoms with Gasteiger partial charge in [-0.15, -0.1) is 0 Å². The number of hydrogen-bond acceptors (Lipinski definition) is 5. The molecule has 0 saturated heterocycles. The van der Waals surface area contributed by atoms with Gasteiger partial charge >= 0.3 is 5.97 Å². The summed E-state index contributed by atoms with van der Waals surface area (Å²) < 4.78 is 32.1. The van der Waals surface area contributed by atoms with E-state index < -0.39 is 10.0 Å². The number of fused-ring (bicyclic) bond motifs is 1. The molecule has 1 unspecified atom stereocenters. The van der Waals surface area contributed by atoms with E-state index in [4.69, 9.17) is 10.5 Å². The quantitative estimate of drug-likeness (QED) is 0.765. The highest BCUT2D eigenvalue weighted by Crippen LogP contribution is 2.28. The molecule has 0 spiro atoms. The van der Waals surface area contributed by atoms with Crippen LogP contribution in [0.3, 0.4) is 0 Å². The van der Waals surface area contributed by atoms with Crippen LogP contribution >= 0.6 is 0 Å². The Morgan fingerprint density at radius 1 is 1.19 bits per heavy atom. The van der Waals surface area contributed by atoms with Crippen molar-refractivity contribution < 1.29 is 17.9 Å². The van der Waals surface area contributed by atoms with E-state index in [1.54, 1.807) is 30.3 Å². The molecule has 0 aliphatic carbocycles. The van der Waals surface area contributed by atoms with Crippen molar-refractivity contribution in [3.63, 3.8) is 0 Å². The third kappa shape index (κ3) is 4.21. The molecule has 2 aromatic rings. The van der Waals surface area contributed by atoms with Gasteiger partial charge in [-0.2, -0.15) is 4.31 Å². The number of carbonyl (C=O) groups excluding carboxylic acids is 1. The van der Waals surface area contributed by atoms with Crippen LogP contribution in [0, 0.1) is 0 Å². The van der Waals surface area contributed by atoms with E-state index in [-0.39, 0.29) is 18.3 Å². The molecule has 6 nitrogen and oxygen atoms in total. The standard InChI is InChI=1S/C20H24N2O4S/c1-26-20(23)12-17(13-21)16-8-7-15-9-10-22(14-18(15)11-16)27(24,25)19-5-3-2-4-6-19/h2-8,11,17H,9-10,12-14,21H2,1H3. The van der Waals surface area contributed by atoms with Crippen LogP contribution in [0.1, 0.15) is 29.0 Å². The van der Waals surface area contributed by atoms with E-state index in [1.807, 2.05) is 18.2 Å². The number of nitrogens with two attached hydrogens (primary N) is 1. The van der Waals surface area contributed by atoms with Crippen molar-refractivity contribution in [2.45, 2.75) is 30.2 Å². The predicted octanol–water partition coefficient (Wildman–Crippen LogP) is 2.04. The molecular formula is C20H24N2O4S. The van der Waals surface area contributed by atoms with E-state index in [0.29, 0.717) is 31.0 Å². The lowest BCUT2D eigenvalue weighted by Crippen LogP contribution is -2.36. The van der Waals surface area contributed by atoms with Gasteiger partial charge in [0.25, 0.3) is 0 Å². The summed E-state index contributed by atoms with van der Waals surface area (Å²) in [6.45, 7) is 1.09. The number of benzene rings is 2. The Kier molecular flexibility index (Phi) is 5.94. The summed E-state index contributed by atoms with van der Waals surface area (Å²) >= 11 is 0. The van der Waals surface area contributed by atoms with Crippen molar-refractivity contribution in [2.24, 2.45) is 5.73 Å². The largest absolute Gasteiger partial charge is 0.469 e. The van der Waals surface area contributed by atoms with Gasteiger partial charge in [-0.05, 0) is 41.8 Å². The number of methoxy groups -OCH3 is 1. The molecule has 27 heavy (non-hydrogen) atoms. The van der Waals surface area contributed by atoms with Crippen LogP contribution in [0.25, 0.3) is 0 Å². The summed E-state index contributed by atoms with van der Waals surface area (Å²) in [5, 5.41) is 0. The number of esters is 1. The maximum absolute atomic E-state index is 12.9. The monoisotopic (exact) mass is 388 g/mol. The summed E-state index contributed by atoms with van der Waals surface area (Å²) in [4.78, 5) is 11.9. The molecular weight excluding hydrogens is 364 g/mol. The number of carbonyl (C=O) groups is 1. The molecule has 2 aromatic carbocycles. The Bertz CT molecular complexity index is 913. The van der Waals surface area contributed by atoms with Crippen LogP contribution < -0.4 is 5.73 Å². The Labute approximate surface area is 160 Å². The van der Waals surface area contributed by atoms with Gasteiger partial charge in [0.05, 0.1) is 18.4 Å². The number of ether oxygens (including phenoxy) is 1. The van der Waals surface area contributed by atoms with Gasteiger partial charge in [-0.1, -0.05) is 36.4 Å². The first-order valence-electron chi connectivity index (χ1n) is 8.89. The van der Waals surface area contributed by atoms with Gasteiger partial charge in [0.15, 0.2) is 0 Å². The first-order chi connectivity index (χ1) is 13.0. The minimum absolute atomic E-state index is 0.149. The Hall–Kier alpha value is -2.22. The third-order valence-corrected chi connectivity index (χ3v) is 6.84. The lowest BCUT2D eigenvalue weighted by Gasteiger charge is -2.29. The first-order valence-corrected chi connectivity index (χ1v) is 10.3. The zero-order chi connectivity index (χ0) is 19.4. The molecule has 144 valence electrons. The summed E-state index contributed by atoms with van der Waals surface area (Å²) in [5.74, 6) is -0.458. The topological polar surface area (TPSA) is 89.7 Å². The van der Waals surface area contributed by atoms with Gasteiger partial charge in [0.1, 0.15) is 0 Å². The number of rotatable bonds is 6. The summed E-state index contributed by atoms with van der Waals surface area (Å²) in [6.07, 6.45) is 0.865. The minimum atomic E-state index is -3.53. The van der Waals surface area contributed by atoms with Gasteiger partial charge in [-0.3, -0.25) is 4.79 Å². The third-order valence-electron chi connectivity index (χ3n) is 4.99. The molecule has 0 fully saturated rings. The molecule has 1 atom stereocenters. The smallest absolute Gasteiger partial charge is 0.306 e. The van der Waals surface area contributed by atoms with Crippen LogP contribution in [-0.4, -0.2) is 38.9 Å². The summed E-state index contributed by atoms with van der Waals surface area (Å²) in [7, 11) is -2.18. The fraction of sp³-hybridized carbons (Fsp3) is 0.350. The highest BCUT2D eigenvalue weighted by Gasteiger charge is 2.28. The number of hydrogen-bond donors (Lipinski definition) is 1. The SMILES string of the molecule is COC(=O)CC(CN)c1ccc2c(c1)CN(S(=O)(=O)c1ccccc1)CC2. The van der Waals surface area contributed by atoms with E-state index in [0.717, 1.165) is 16.7 Å². The van der Waals surface area contributed by atoms with Crippen molar-refractivity contribution in [3.8, 4) is 0 Å². The Balaban J connectivity index is 1.85. The van der Waals surface area contributed by atoms with E-state index >= 15 is 0 Å². The molecule has 7 heteroatoms. The molecule has 0 radical (unpaired) electrons. The van der Waals surface area contributed by atoms with Crippen LogP contribution in [0.5, 0.6) is 0 Å². The van der Waals surface area contributed by atoms with E-state index in [9.17, 15) is 13.2 Å². The maximum atomic E-state index is 12.9. The second-order valence-electron chi connectivity index (χ2n) is 6.64. The van der Waals surface area contributed by atoms with Gasteiger partial charge in [0.2, 0.25) is 10.0 Å². The van der Waals surface area contributed by atoms with E-state index in [2.05, 4.69) is 0 Å². The zero-order valence-corrected chi connectivity index (χ0v) is 16.1. The van der Waals surface area contributed by atoms with Crippen molar-refractivity contribution in [3.05, 3.63) is 65.2 Å². The Morgan fingerprint density at radius 3 is 2.59 bits per heavy atom. The van der Waals surface area contributed by atoms with Crippen LogP contribution in [0.2, 0.25) is 0 Å². The minimum Gasteiger partial charge on any atom is -0.469 e. The molecule has 1 aliphatic rings. The molecule has 2 N–H and O–H groups in total. The Morgan fingerprint density at radius 2 is 1.93 bits per heavy atom. The van der Waals surface area contributed by atoms with Crippen molar-refractivity contribution in [2.75, 3.05) is 20.2 Å². The first kappa shape index (κ1) is 19.5. The van der Waals surface area contributed by atoms with Crippen molar-refractivity contribution >= 4 is 16.0 Å². The average molecular weight is 388 g/mol. The number of nitrogens with zero attached hydrogens (tertiary/aromatic N) is 1. The molecule has 0 amide bonds. The maximum Gasteiger partial charge on any atom is 0.306 e. The molecule has 1 heterocycles. The predicted molar refractivity (Wildman–Crippen MR) is 103 cm³/mol. The lowest BCUT2D eigenvalue weighted by molar-refractivity contribution is -0.141. The zero-order valence-electron chi connectivity index (χ0n) is 15.3. The van der Waals surface area contributed by atoms with Crippen molar-refractivity contribution in [1.29, 1.82) is 0 Å². The summed E-state index contributed by atoms with van der Waals surface area (Å²) in [5.41, 5.74) is 8.86. The van der Waals surface area contributed by atoms with Crippen LogP contribution in [-0.2, 0) is 32.5 Å². The van der Waals surface area contributed by atoms with Crippen molar-refractivity contribution in [1.82, 2.24) is 4.31 Å². The second-order valence-corrected chi connectivity index (χ2v) is 8.58. The molecule has 3 rings (SSSR count). The molecule has 0 saturated carbocycles. The molecule has 1 aliphatic heterocycles. The number of sulfonamides is 1. The average Bonchev–Trinajstić information content (AvgIpc) is 2.71. The van der Waals surface area contributed by atoms with Crippen LogP contribution in [0.15, 0.2) is 53.4 Å². The summed E-state index contributed by atoms with van der Waals surface area (Å²) in [6, 6.07) is 14.4. The lowest BCUT2D eigenvalue weighted by atomic mass is 9.90. The van der Waals surface area contributed by atoms with Gasteiger partial charge in [-0.25, -0.2) is 8.42 Å². The van der Waals surface area contributed by atoms with E-state index in [1.165, 1.54) is 11.4 Å². The molecule has 0 aromatic heterocycles. The fourth-order valence-electron chi connectivity index (χ4n) is 3.37. The fourth-order valence-corrected chi connectivity index (χ4v) is 4.81. The van der Waals surface area contributed by atoms with Gasteiger partial charge in [0, 0.05) is 19.0 Å². The second kappa shape index (κ2) is 8.21. The van der Waals surface area contributed by atoms with Crippen LogP contribution in [0.4, 0.5) is 0 Å². The normalized spacial score (nSPS) is 15.8. The highest BCUT2D eigenvalue weighted by molar-refractivity contribution is 7.89.